The molecule has 1 aliphatic carbocycles. The summed E-state index contributed by atoms with van der Waals surface area (Å²) in [4.78, 5) is 40.7. The number of anilines is 1. The van der Waals surface area contributed by atoms with E-state index in [9.17, 15) is 18.8 Å². The van der Waals surface area contributed by atoms with Crippen LogP contribution in [0.15, 0.2) is 88.9 Å². The molecule has 3 heterocycles. The van der Waals surface area contributed by atoms with E-state index < -0.39 is 11.9 Å². The Morgan fingerprint density at radius 1 is 1.00 bits per heavy atom. The third kappa shape index (κ3) is 4.82. The number of allylic oxidation sites excluding steroid dienone is 1. The summed E-state index contributed by atoms with van der Waals surface area (Å²) in [6.07, 6.45) is 2.94. The predicted octanol–water partition coefficient (Wildman–Crippen LogP) is 5.23. The van der Waals surface area contributed by atoms with Gasteiger partial charge in [-0.1, -0.05) is 48.5 Å². The standard InChI is InChI=1S/C35H33FN4O4/c1-2-44-35(43)30-28(20-21-8-15-25(36)16-9-21)37-32-31(34(42)40-19-5-18-39(32)40)29(30)23-10-12-24(13-11-23)33(41)38-27-17-14-22-6-3-4-7-26(22)27/h3-4,6-13,15-16,27,29,37H,2,5,14,17-20H2,1H3,(H,38,41)/t27-,29?/m1/s1. The molecule has 0 saturated carbocycles. The van der Waals surface area contributed by atoms with E-state index in [1.54, 1.807) is 35.9 Å². The summed E-state index contributed by atoms with van der Waals surface area (Å²) in [5, 5.41) is 6.58. The molecule has 0 fully saturated rings. The zero-order valence-corrected chi connectivity index (χ0v) is 24.4. The normalized spacial score (nSPS) is 18.3. The predicted molar refractivity (Wildman–Crippen MR) is 164 cm³/mol. The van der Waals surface area contributed by atoms with Crippen molar-refractivity contribution in [2.45, 2.75) is 57.7 Å². The summed E-state index contributed by atoms with van der Waals surface area (Å²) in [5.74, 6) is -1.10. The second kappa shape index (κ2) is 11.3. The molecule has 4 aromatic rings. The van der Waals surface area contributed by atoms with Gasteiger partial charge < -0.3 is 15.4 Å². The van der Waals surface area contributed by atoms with E-state index in [1.807, 2.05) is 28.9 Å². The Hall–Kier alpha value is -4.92. The van der Waals surface area contributed by atoms with Crippen molar-refractivity contribution in [2.24, 2.45) is 0 Å². The lowest BCUT2D eigenvalue weighted by molar-refractivity contribution is -0.138. The fourth-order valence-corrected chi connectivity index (χ4v) is 6.86. The van der Waals surface area contributed by atoms with Crippen molar-refractivity contribution in [3.05, 3.63) is 134 Å². The van der Waals surface area contributed by atoms with Gasteiger partial charge in [0.2, 0.25) is 0 Å². The van der Waals surface area contributed by atoms with Crippen LogP contribution < -0.4 is 16.2 Å². The van der Waals surface area contributed by atoms with Crippen LogP contribution in [0, 0.1) is 5.82 Å². The van der Waals surface area contributed by atoms with Crippen LogP contribution in [0.5, 0.6) is 0 Å². The number of rotatable bonds is 7. The second-order valence-electron chi connectivity index (χ2n) is 11.5. The van der Waals surface area contributed by atoms with E-state index in [4.69, 9.17) is 4.74 Å². The lowest BCUT2D eigenvalue weighted by Crippen LogP contribution is -2.30. The van der Waals surface area contributed by atoms with Gasteiger partial charge in [-0.15, -0.1) is 0 Å². The van der Waals surface area contributed by atoms with Crippen molar-refractivity contribution in [3.63, 3.8) is 0 Å². The maximum atomic E-state index is 13.8. The van der Waals surface area contributed by atoms with Gasteiger partial charge in [-0.05, 0) is 72.7 Å². The molecule has 9 heteroatoms. The molecule has 7 rings (SSSR count). The number of benzene rings is 3. The van der Waals surface area contributed by atoms with Gasteiger partial charge in [-0.3, -0.25) is 14.3 Å². The lowest BCUT2D eigenvalue weighted by atomic mass is 9.81. The molecule has 2 aliphatic heterocycles. The van der Waals surface area contributed by atoms with Crippen LogP contribution in [0.2, 0.25) is 0 Å². The van der Waals surface area contributed by atoms with Gasteiger partial charge in [0.15, 0.2) is 0 Å². The highest BCUT2D eigenvalue weighted by Gasteiger charge is 2.40. The highest BCUT2D eigenvalue weighted by molar-refractivity contribution is 5.96. The molecule has 3 aliphatic rings. The van der Waals surface area contributed by atoms with Crippen molar-refractivity contribution in [2.75, 3.05) is 11.9 Å². The van der Waals surface area contributed by atoms with Gasteiger partial charge in [-0.2, -0.15) is 0 Å². The molecule has 0 bridgehead atoms. The van der Waals surface area contributed by atoms with E-state index in [2.05, 4.69) is 22.8 Å². The third-order valence-corrected chi connectivity index (χ3v) is 8.91. The molecule has 8 nitrogen and oxygen atoms in total. The fraction of sp³-hybridized carbons (Fsp3) is 0.286. The number of hydrogen-bond donors (Lipinski definition) is 2. The largest absolute Gasteiger partial charge is 0.463 e. The van der Waals surface area contributed by atoms with Gasteiger partial charge in [0.05, 0.1) is 29.7 Å². The molecular formula is C35H33FN4O4. The summed E-state index contributed by atoms with van der Waals surface area (Å²) in [7, 11) is 0. The Bertz CT molecular complexity index is 1850. The van der Waals surface area contributed by atoms with Crippen LogP contribution >= 0.6 is 0 Å². The van der Waals surface area contributed by atoms with E-state index in [0.717, 1.165) is 30.4 Å². The van der Waals surface area contributed by atoms with Crippen LogP contribution in [0.3, 0.4) is 0 Å². The number of amides is 1. The lowest BCUT2D eigenvalue weighted by Gasteiger charge is -2.29. The number of esters is 1. The first-order chi connectivity index (χ1) is 21.4. The smallest absolute Gasteiger partial charge is 0.336 e. The van der Waals surface area contributed by atoms with Gasteiger partial charge >= 0.3 is 5.97 Å². The summed E-state index contributed by atoms with van der Waals surface area (Å²) in [5.41, 5.74) is 5.69. The summed E-state index contributed by atoms with van der Waals surface area (Å²) < 4.78 is 22.9. The third-order valence-electron chi connectivity index (χ3n) is 8.91. The molecule has 0 radical (unpaired) electrons. The summed E-state index contributed by atoms with van der Waals surface area (Å²) >= 11 is 0. The fourth-order valence-electron chi connectivity index (χ4n) is 6.86. The van der Waals surface area contributed by atoms with Crippen LogP contribution in [0.4, 0.5) is 10.2 Å². The maximum absolute atomic E-state index is 13.8. The number of halogens is 1. The highest BCUT2D eigenvalue weighted by atomic mass is 19.1. The Balaban J connectivity index is 1.28. The molecule has 0 spiro atoms. The number of aromatic nitrogens is 2. The Morgan fingerprint density at radius 3 is 2.52 bits per heavy atom. The summed E-state index contributed by atoms with van der Waals surface area (Å²) in [6.45, 7) is 3.17. The van der Waals surface area contributed by atoms with E-state index in [-0.39, 0.29) is 29.9 Å². The molecule has 1 unspecified atom stereocenters. The Labute approximate surface area is 254 Å². The molecule has 44 heavy (non-hydrogen) atoms. The van der Waals surface area contributed by atoms with Gasteiger partial charge in [-0.25, -0.2) is 13.9 Å². The minimum atomic E-state index is -0.710. The number of nitrogens with zero attached hydrogens (tertiary/aromatic N) is 2. The van der Waals surface area contributed by atoms with Crippen LogP contribution in [0.25, 0.3) is 0 Å². The van der Waals surface area contributed by atoms with Crippen LogP contribution in [-0.4, -0.2) is 27.8 Å². The number of ether oxygens (including phenoxy) is 1. The number of fused-ring (bicyclic) bond motifs is 4. The maximum Gasteiger partial charge on any atom is 0.336 e. The van der Waals surface area contributed by atoms with Gasteiger partial charge in [0.1, 0.15) is 11.6 Å². The summed E-state index contributed by atoms with van der Waals surface area (Å²) in [6, 6.07) is 21.4. The number of nitrogens with one attached hydrogen (secondary N) is 2. The van der Waals surface area contributed by atoms with Crippen molar-refractivity contribution in [1.29, 1.82) is 0 Å². The quantitative estimate of drug-likeness (QED) is 0.287. The zero-order valence-electron chi connectivity index (χ0n) is 24.4. The molecule has 1 amide bonds. The van der Waals surface area contributed by atoms with Crippen LogP contribution in [-0.2, 0) is 35.5 Å². The zero-order chi connectivity index (χ0) is 30.4. The molecule has 3 aromatic carbocycles. The minimum absolute atomic E-state index is 0.0403. The van der Waals surface area contributed by atoms with Crippen molar-refractivity contribution >= 4 is 17.7 Å². The SMILES string of the molecule is CCOC(=O)C1=C(Cc2ccc(F)cc2)Nc2c(c(=O)n3n2CCC3)C1c1ccc(C(=O)N[C@@H]2CCc3ccccc32)cc1. The highest BCUT2D eigenvalue weighted by Crippen LogP contribution is 2.43. The Kier molecular flexibility index (Phi) is 7.16. The number of aryl methyl sites for hydroxylation is 1. The average Bonchev–Trinajstić information content (AvgIpc) is 3.75. The first kappa shape index (κ1) is 27.9. The molecule has 2 N–H and O–H groups in total. The number of carbonyl (C=O) groups excluding carboxylic acids is 2. The van der Waals surface area contributed by atoms with Gasteiger partial charge in [0.25, 0.3) is 11.5 Å². The Morgan fingerprint density at radius 2 is 1.75 bits per heavy atom. The average molecular weight is 593 g/mol. The number of carbonyl (C=O) groups is 2. The van der Waals surface area contributed by atoms with E-state index >= 15 is 0 Å². The molecular weight excluding hydrogens is 559 g/mol. The molecule has 1 aromatic heterocycles. The first-order valence-electron chi connectivity index (χ1n) is 15.2. The topological polar surface area (TPSA) is 94.4 Å². The van der Waals surface area contributed by atoms with E-state index in [0.29, 0.717) is 53.3 Å². The van der Waals surface area contributed by atoms with Crippen molar-refractivity contribution in [1.82, 2.24) is 14.7 Å². The monoisotopic (exact) mass is 592 g/mol. The van der Waals surface area contributed by atoms with E-state index in [1.165, 1.54) is 17.7 Å². The molecule has 0 saturated heterocycles. The van der Waals surface area contributed by atoms with Crippen molar-refractivity contribution in [3.8, 4) is 0 Å². The molecule has 224 valence electrons. The first-order valence-corrected chi connectivity index (χ1v) is 15.2. The number of hydrogen-bond acceptors (Lipinski definition) is 5. The molecule has 2 atom stereocenters. The minimum Gasteiger partial charge on any atom is -0.463 e. The van der Waals surface area contributed by atoms with Crippen molar-refractivity contribution < 1.29 is 18.7 Å². The van der Waals surface area contributed by atoms with Gasteiger partial charge in [0, 0.05) is 30.8 Å². The van der Waals surface area contributed by atoms with Crippen LogP contribution in [0.1, 0.15) is 69.9 Å². The second-order valence-corrected chi connectivity index (χ2v) is 11.5.